The van der Waals surface area contributed by atoms with Crippen LogP contribution in [0.3, 0.4) is 0 Å². The van der Waals surface area contributed by atoms with Gasteiger partial charge in [0.05, 0.1) is 0 Å². The number of amides is 2. The van der Waals surface area contributed by atoms with Gasteiger partial charge >= 0.3 is 0 Å². The highest BCUT2D eigenvalue weighted by molar-refractivity contribution is 6.07. The molecule has 1 aliphatic carbocycles. The highest BCUT2D eigenvalue weighted by Gasteiger charge is 2.56. The number of hydrogen-bond acceptors (Lipinski definition) is 2. The van der Waals surface area contributed by atoms with Gasteiger partial charge < -0.3 is 10.6 Å². The van der Waals surface area contributed by atoms with Gasteiger partial charge in [0.15, 0.2) is 0 Å². The number of halogens is 1. The Morgan fingerprint density at radius 1 is 0.852 bits per heavy atom. The van der Waals surface area contributed by atoms with Crippen molar-refractivity contribution in [2.45, 2.75) is 32.1 Å². The summed E-state index contributed by atoms with van der Waals surface area (Å²) in [5.41, 5.74) is 0.869. The van der Waals surface area contributed by atoms with Crippen molar-refractivity contribution in [3.8, 4) is 0 Å². The molecule has 0 unspecified atom stereocenters. The minimum atomic E-state index is -0.929. The first-order valence-electron chi connectivity index (χ1n) is 9.46. The van der Waals surface area contributed by atoms with E-state index in [1.807, 2.05) is 18.2 Å². The summed E-state index contributed by atoms with van der Waals surface area (Å²) in [6, 6.07) is 16.6. The van der Waals surface area contributed by atoms with Crippen molar-refractivity contribution in [3.05, 3.63) is 71.5 Å². The average molecular weight is 368 g/mol. The first kappa shape index (κ1) is 19.1. The van der Waals surface area contributed by atoms with Crippen LogP contribution in [0.2, 0.25) is 0 Å². The molecule has 0 heterocycles. The molecule has 0 atom stereocenters. The van der Waals surface area contributed by atoms with E-state index >= 15 is 0 Å². The van der Waals surface area contributed by atoms with E-state index in [1.165, 1.54) is 11.6 Å². The quantitative estimate of drug-likeness (QED) is 0.528. The number of nitrogens with one attached hydrogen (secondary N) is 2. The molecule has 2 aromatic rings. The van der Waals surface area contributed by atoms with Crippen molar-refractivity contribution < 1.29 is 14.0 Å². The van der Waals surface area contributed by atoms with Crippen LogP contribution in [-0.4, -0.2) is 24.9 Å². The number of aryl methyl sites for hydroxylation is 1. The smallest absolute Gasteiger partial charge is 0.235 e. The summed E-state index contributed by atoms with van der Waals surface area (Å²) in [4.78, 5) is 24.9. The molecule has 2 aromatic carbocycles. The van der Waals surface area contributed by atoms with Crippen LogP contribution in [0.1, 0.15) is 30.4 Å². The summed E-state index contributed by atoms with van der Waals surface area (Å²) in [7, 11) is 0. The third kappa shape index (κ3) is 4.94. The molecular weight excluding hydrogens is 343 g/mol. The lowest BCUT2D eigenvalue weighted by Crippen LogP contribution is -2.43. The molecule has 2 amide bonds. The lowest BCUT2D eigenvalue weighted by Gasteiger charge is -2.15. The van der Waals surface area contributed by atoms with Crippen molar-refractivity contribution in [3.63, 3.8) is 0 Å². The first-order chi connectivity index (χ1) is 13.1. The van der Waals surface area contributed by atoms with E-state index in [-0.39, 0.29) is 17.6 Å². The van der Waals surface area contributed by atoms with Crippen LogP contribution in [0.4, 0.5) is 4.39 Å². The molecule has 0 bridgehead atoms. The van der Waals surface area contributed by atoms with Gasteiger partial charge in [-0.2, -0.15) is 0 Å². The second kappa shape index (κ2) is 8.80. The van der Waals surface area contributed by atoms with Gasteiger partial charge in [-0.05, 0) is 49.3 Å². The van der Waals surface area contributed by atoms with Crippen LogP contribution < -0.4 is 10.6 Å². The van der Waals surface area contributed by atoms with E-state index < -0.39 is 5.41 Å². The van der Waals surface area contributed by atoms with E-state index in [0.717, 1.165) is 12.8 Å². The number of benzene rings is 2. The zero-order valence-electron chi connectivity index (χ0n) is 15.3. The summed E-state index contributed by atoms with van der Waals surface area (Å²) in [6.07, 6.45) is 3.28. The second-order valence-electron chi connectivity index (χ2n) is 7.02. The van der Waals surface area contributed by atoms with Crippen LogP contribution in [-0.2, 0) is 22.4 Å². The second-order valence-corrected chi connectivity index (χ2v) is 7.02. The van der Waals surface area contributed by atoms with Gasteiger partial charge in [0.1, 0.15) is 11.2 Å². The Bertz CT molecular complexity index is 788. The molecule has 0 saturated heterocycles. The van der Waals surface area contributed by atoms with Crippen molar-refractivity contribution in [2.24, 2.45) is 5.41 Å². The lowest BCUT2D eigenvalue weighted by atomic mass is 10.0. The summed E-state index contributed by atoms with van der Waals surface area (Å²) in [5.74, 6) is -0.720. The van der Waals surface area contributed by atoms with Crippen LogP contribution in [0.25, 0.3) is 0 Å². The van der Waals surface area contributed by atoms with Gasteiger partial charge in [-0.25, -0.2) is 4.39 Å². The molecule has 27 heavy (non-hydrogen) atoms. The minimum absolute atomic E-state index is 0.195. The molecule has 142 valence electrons. The average Bonchev–Trinajstić information content (AvgIpc) is 3.49. The molecular formula is C22H25FN2O2. The van der Waals surface area contributed by atoms with E-state index in [4.69, 9.17) is 0 Å². The fourth-order valence-electron chi connectivity index (χ4n) is 3.17. The summed E-state index contributed by atoms with van der Waals surface area (Å²) in [6.45, 7) is 0.876. The Kier molecular flexibility index (Phi) is 6.22. The summed E-state index contributed by atoms with van der Waals surface area (Å²) >= 11 is 0. The maximum Gasteiger partial charge on any atom is 0.235 e. The third-order valence-corrected chi connectivity index (χ3v) is 5.03. The van der Waals surface area contributed by atoms with Gasteiger partial charge in [0.25, 0.3) is 0 Å². The highest BCUT2D eigenvalue weighted by atomic mass is 19.1. The lowest BCUT2D eigenvalue weighted by molar-refractivity contribution is -0.137. The number of hydrogen-bond donors (Lipinski definition) is 2. The summed E-state index contributed by atoms with van der Waals surface area (Å²) < 4.78 is 13.6. The molecule has 3 rings (SSSR count). The molecule has 1 fully saturated rings. The number of rotatable bonds is 9. The molecule has 0 aromatic heterocycles. The fraction of sp³-hybridized carbons (Fsp3) is 0.364. The molecule has 0 aliphatic heterocycles. The van der Waals surface area contributed by atoms with Crippen molar-refractivity contribution >= 4 is 11.8 Å². The molecule has 0 spiro atoms. The standard InChI is InChI=1S/C22H25FN2O2/c23-19-11-5-4-10-18(19)12-16-25-21(27)22(13-14-22)20(26)24-15-6-9-17-7-2-1-3-8-17/h1-5,7-8,10-11H,6,9,12-16H2,(H,24,26)(H,25,27). The van der Waals surface area contributed by atoms with Crippen LogP contribution in [0.5, 0.6) is 0 Å². The Morgan fingerprint density at radius 3 is 2.15 bits per heavy atom. The largest absolute Gasteiger partial charge is 0.355 e. The predicted octanol–water partition coefficient (Wildman–Crippen LogP) is 3.01. The van der Waals surface area contributed by atoms with E-state index in [0.29, 0.717) is 37.9 Å². The Labute approximate surface area is 159 Å². The highest BCUT2D eigenvalue weighted by Crippen LogP contribution is 2.46. The summed E-state index contributed by atoms with van der Waals surface area (Å²) in [5, 5.41) is 5.69. The number of carbonyl (C=O) groups excluding carboxylic acids is 2. The molecule has 0 radical (unpaired) electrons. The van der Waals surface area contributed by atoms with Crippen molar-refractivity contribution in [2.75, 3.05) is 13.1 Å². The first-order valence-corrected chi connectivity index (χ1v) is 9.46. The minimum Gasteiger partial charge on any atom is -0.355 e. The van der Waals surface area contributed by atoms with Gasteiger partial charge in [0, 0.05) is 13.1 Å². The third-order valence-electron chi connectivity index (χ3n) is 5.03. The van der Waals surface area contributed by atoms with Gasteiger partial charge in [-0.3, -0.25) is 9.59 Å². The Morgan fingerprint density at radius 2 is 1.48 bits per heavy atom. The van der Waals surface area contributed by atoms with Gasteiger partial charge in [0.2, 0.25) is 11.8 Å². The SMILES string of the molecule is O=C(NCCCc1ccccc1)C1(C(=O)NCCc2ccccc2F)CC1. The van der Waals surface area contributed by atoms with Crippen LogP contribution in [0, 0.1) is 11.2 Å². The fourth-order valence-corrected chi connectivity index (χ4v) is 3.17. The maximum atomic E-state index is 13.6. The molecule has 5 heteroatoms. The van der Waals surface area contributed by atoms with Gasteiger partial charge in [-0.1, -0.05) is 48.5 Å². The molecule has 1 aliphatic rings. The monoisotopic (exact) mass is 368 g/mol. The molecule has 2 N–H and O–H groups in total. The van der Waals surface area contributed by atoms with Crippen molar-refractivity contribution in [1.82, 2.24) is 10.6 Å². The maximum absolute atomic E-state index is 13.6. The van der Waals surface area contributed by atoms with E-state index in [2.05, 4.69) is 22.8 Å². The van der Waals surface area contributed by atoms with E-state index in [1.54, 1.807) is 18.2 Å². The predicted molar refractivity (Wildman–Crippen MR) is 103 cm³/mol. The zero-order chi connectivity index (χ0) is 19.1. The molecule has 4 nitrogen and oxygen atoms in total. The molecule has 1 saturated carbocycles. The zero-order valence-corrected chi connectivity index (χ0v) is 15.3. The van der Waals surface area contributed by atoms with Crippen LogP contribution >= 0.6 is 0 Å². The Hall–Kier alpha value is -2.69. The number of carbonyl (C=O) groups is 2. The van der Waals surface area contributed by atoms with Gasteiger partial charge in [-0.15, -0.1) is 0 Å². The van der Waals surface area contributed by atoms with Crippen molar-refractivity contribution in [1.29, 1.82) is 0 Å². The normalized spacial score (nSPS) is 14.4. The Balaban J connectivity index is 1.40. The topological polar surface area (TPSA) is 58.2 Å². The van der Waals surface area contributed by atoms with Crippen LogP contribution in [0.15, 0.2) is 54.6 Å². The van der Waals surface area contributed by atoms with E-state index in [9.17, 15) is 14.0 Å².